The molecule has 1 unspecified atom stereocenters. The van der Waals surface area contributed by atoms with Gasteiger partial charge in [0.15, 0.2) is 11.6 Å². The summed E-state index contributed by atoms with van der Waals surface area (Å²) in [5.74, 6) is -1.66. The maximum absolute atomic E-state index is 13.2. The van der Waals surface area contributed by atoms with Crippen molar-refractivity contribution in [2.24, 2.45) is 0 Å². The van der Waals surface area contributed by atoms with Crippen LogP contribution in [0.15, 0.2) is 36.8 Å². The fourth-order valence-electron chi connectivity index (χ4n) is 1.92. The first kappa shape index (κ1) is 13.5. The molecule has 0 saturated heterocycles. The standard InChI is InChI=1S/C14H15F2N3/c1-2-18-13(14-9-17-5-6-19-14)8-10-3-4-11(15)12(16)7-10/h3-7,9,13,18H,2,8H2,1H3. The Morgan fingerprint density at radius 2 is 2.05 bits per heavy atom. The Morgan fingerprint density at radius 1 is 1.21 bits per heavy atom. The summed E-state index contributed by atoms with van der Waals surface area (Å²) >= 11 is 0. The monoisotopic (exact) mass is 263 g/mol. The van der Waals surface area contributed by atoms with Gasteiger partial charge < -0.3 is 5.32 Å². The Bertz CT molecular complexity index is 531. The summed E-state index contributed by atoms with van der Waals surface area (Å²) in [6.45, 7) is 2.74. The average molecular weight is 263 g/mol. The molecule has 2 aromatic rings. The third-order valence-corrected chi connectivity index (χ3v) is 2.81. The number of aromatic nitrogens is 2. The molecule has 0 aliphatic rings. The van der Waals surface area contributed by atoms with Gasteiger partial charge >= 0.3 is 0 Å². The lowest BCUT2D eigenvalue weighted by molar-refractivity contribution is 0.500. The summed E-state index contributed by atoms with van der Waals surface area (Å²) in [7, 11) is 0. The van der Waals surface area contributed by atoms with E-state index in [0.29, 0.717) is 6.42 Å². The number of rotatable bonds is 5. The van der Waals surface area contributed by atoms with Crippen LogP contribution >= 0.6 is 0 Å². The molecular formula is C14H15F2N3. The van der Waals surface area contributed by atoms with E-state index < -0.39 is 11.6 Å². The second kappa shape index (κ2) is 6.33. The first-order valence-electron chi connectivity index (χ1n) is 6.14. The molecule has 3 nitrogen and oxygen atoms in total. The lowest BCUT2D eigenvalue weighted by Crippen LogP contribution is -2.24. The van der Waals surface area contributed by atoms with Gasteiger partial charge in [0.25, 0.3) is 0 Å². The van der Waals surface area contributed by atoms with E-state index in [0.717, 1.165) is 23.9 Å². The number of nitrogens with zero attached hydrogens (tertiary/aromatic N) is 2. The van der Waals surface area contributed by atoms with E-state index in [1.165, 1.54) is 6.07 Å². The number of benzene rings is 1. The highest BCUT2D eigenvalue weighted by Crippen LogP contribution is 2.17. The zero-order valence-corrected chi connectivity index (χ0v) is 10.6. The van der Waals surface area contributed by atoms with Crippen LogP contribution in [0, 0.1) is 11.6 Å². The second-order valence-corrected chi connectivity index (χ2v) is 4.19. The third-order valence-electron chi connectivity index (χ3n) is 2.81. The largest absolute Gasteiger partial charge is 0.309 e. The normalized spacial score (nSPS) is 12.4. The van der Waals surface area contributed by atoms with Gasteiger partial charge in [-0.3, -0.25) is 9.97 Å². The van der Waals surface area contributed by atoms with Gasteiger partial charge in [-0.05, 0) is 30.7 Å². The Balaban J connectivity index is 2.19. The van der Waals surface area contributed by atoms with Gasteiger partial charge in [0.2, 0.25) is 0 Å². The van der Waals surface area contributed by atoms with Crippen LogP contribution in [0.2, 0.25) is 0 Å². The van der Waals surface area contributed by atoms with Crippen molar-refractivity contribution in [2.45, 2.75) is 19.4 Å². The summed E-state index contributed by atoms with van der Waals surface area (Å²) in [5.41, 5.74) is 1.50. The number of nitrogens with one attached hydrogen (secondary N) is 1. The summed E-state index contributed by atoms with van der Waals surface area (Å²) in [5, 5.41) is 3.26. The van der Waals surface area contributed by atoms with Crippen LogP contribution in [0.3, 0.4) is 0 Å². The molecule has 0 aliphatic carbocycles. The van der Waals surface area contributed by atoms with Crippen LogP contribution in [0.25, 0.3) is 0 Å². The number of likely N-dealkylation sites (N-methyl/N-ethyl adjacent to an activating group) is 1. The molecule has 0 aliphatic heterocycles. The fourth-order valence-corrected chi connectivity index (χ4v) is 1.92. The van der Waals surface area contributed by atoms with Gasteiger partial charge in [-0.2, -0.15) is 0 Å². The van der Waals surface area contributed by atoms with Crippen molar-refractivity contribution >= 4 is 0 Å². The van der Waals surface area contributed by atoms with Crippen molar-refractivity contribution in [2.75, 3.05) is 6.54 Å². The number of halogens is 2. The van der Waals surface area contributed by atoms with Crippen molar-refractivity contribution in [1.82, 2.24) is 15.3 Å². The molecule has 2 rings (SSSR count). The lowest BCUT2D eigenvalue weighted by atomic mass is 10.0. The van der Waals surface area contributed by atoms with E-state index >= 15 is 0 Å². The third kappa shape index (κ3) is 3.54. The van der Waals surface area contributed by atoms with Crippen molar-refractivity contribution in [3.63, 3.8) is 0 Å². The Morgan fingerprint density at radius 3 is 2.68 bits per heavy atom. The Hall–Kier alpha value is -1.88. The van der Waals surface area contributed by atoms with Crippen LogP contribution in [-0.4, -0.2) is 16.5 Å². The van der Waals surface area contributed by atoms with Crippen LogP contribution in [-0.2, 0) is 6.42 Å². The molecule has 100 valence electrons. The molecular weight excluding hydrogens is 248 g/mol. The zero-order valence-electron chi connectivity index (χ0n) is 10.6. The van der Waals surface area contributed by atoms with Crippen molar-refractivity contribution in [1.29, 1.82) is 0 Å². The number of hydrogen-bond acceptors (Lipinski definition) is 3. The molecule has 1 aromatic carbocycles. The summed E-state index contributed by atoms with van der Waals surface area (Å²) in [6.07, 6.45) is 5.42. The molecule has 1 atom stereocenters. The van der Waals surface area contributed by atoms with Crippen molar-refractivity contribution in [3.8, 4) is 0 Å². The minimum atomic E-state index is -0.830. The molecule has 0 saturated carbocycles. The maximum Gasteiger partial charge on any atom is 0.159 e. The highest BCUT2D eigenvalue weighted by Gasteiger charge is 2.13. The van der Waals surface area contributed by atoms with Gasteiger partial charge in [0.1, 0.15) is 0 Å². The van der Waals surface area contributed by atoms with E-state index in [1.54, 1.807) is 24.7 Å². The highest BCUT2D eigenvalue weighted by atomic mass is 19.2. The van der Waals surface area contributed by atoms with Gasteiger partial charge in [-0.15, -0.1) is 0 Å². The van der Waals surface area contributed by atoms with E-state index in [-0.39, 0.29) is 6.04 Å². The van der Waals surface area contributed by atoms with Gasteiger partial charge in [0.05, 0.1) is 11.7 Å². The molecule has 0 radical (unpaired) electrons. The smallest absolute Gasteiger partial charge is 0.159 e. The average Bonchev–Trinajstić information content (AvgIpc) is 2.43. The predicted octanol–water partition coefficient (Wildman–Crippen LogP) is 2.65. The predicted molar refractivity (Wildman–Crippen MR) is 68.5 cm³/mol. The maximum atomic E-state index is 13.2. The molecule has 0 bridgehead atoms. The molecule has 0 spiro atoms. The van der Waals surface area contributed by atoms with E-state index in [2.05, 4.69) is 15.3 Å². The molecule has 5 heteroatoms. The van der Waals surface area contributed by atoms with Crippen molar-refractivity contribution in [3.05, 3.63) is 59.7 Å². The Labute approximate surface area is 110 Å². The first-order valence-corrected chi connectivity index (χ1v) is 6.14. The molecule has 1 aromatic heterocycles. The Kier molecular flexibility index (Phi) is 4.52. The van der Waals surface area contributed by atoms with Gasteiger partial charge in [-0.25, -0.2) is 8.78 Å². The molecule has 1 N–H and O–H groups in total. The minimum Gasteiger partial charge on any atom is -0.309 e. The van der Waals surface area contributed by atoms with E-state index in [4.69, 9.17) is 0 Å². The van der Waals surface area contributed by atoms with Crippen molar-refractivity contribution < 1.29 is 8.78 Å². The minimum absolute atomic E-state index is 0.0661. The molecule has 0 fully saturated rings. The topological polar surface area (TPSA) is 37.8 Å². The van der Waals surface area contributed by atoms with Crippen LogP contribution in [0.1, 0.15) is 24.2 Å². The zero-order chi connectivity index (χ0) is 13.7. The molecule has 1 heterocycles. The van der Waals surface area contributed by atoms with Crippen LogP contribution in [0.4, 0.5) is 8.78 Å². The molecule has 19 heavy (non-hydrogen) atoms. The lowest BCUT2D eigenvalue weighted by Gasteiger charge is -2.17. The summed E-state index contributed by atoms with van der Waals surface area (Å²) in [6, 6.07) is 3.88. The summed E-state index contributed by atoms with van der Waals surface area (Å²) < 4.78 is 26.1. The van der Waals surface area contributed by atoms with Crippen LogP contribution in [0.5, 0.6) is 0 Å². The highest BCUT2D eigenvalue weighted by molar-refractivity contribution is 5.20. The first-order chi connectivity index (χ1) is 9.20. The van der Waals surface area contributed by atoms with E-state index in [9.17, 15) is 8.78 Å². The van der Waals surface area contributed by atoms with Gasteiger partial charge in [-0.1, -0.05) is 13.0 Å². The van der Waals surface area contributed by atoms with Crippen LogP contribution < -0.4 is 5.32 Å². The second-order valence-electron chi connectivity index (χ2n) is 4.19. The quantitative estimate of drug-likeness (QED) is 0.901. The fraction of sp³-hybridized carbons (Fsp3) is 0.286. The number of hydrogen-bond donors (Lipinski definition) is 1. The molecule has 0 amide bonds. The van der Waals surface area contributed by atoms with E-state index in [1.807, 2.05) is 6.92 Å². The summed E-state index contributed by atoms with van der Waals surface area (Å²) in [4.78, 5) is 8.27. The van der Waals surface area contributed by atoms with Gasteiger partial charge in [0, 0.05) is 18.6 Å². The SMILES string of the molecule is CCNC(Cc1ccc(F)c(F)c1)c1cnccn1.